The molecule has 0 saturated carbocycles. The van der Waals surface area contributed by atoms with Gasteiger partial charge in [0.2, 0.25) is 0 Å². The summed E-state index contributed by atoms with van der Waals surface area (Å²) < 4.78 is 5.09. The molecule has 1 aromatic carbocycles. The molecular weight excluding hydrogens is 260 g/mol. The summed E-state index contributed by atoms with van der Waals surface area (Å²) in [4.78, 5) is 16.3. The van der Waals surface area contributed by atoms with Gasteiger partial charge in [-0.2, -0.15) is 0 Å². The lowest BCUT2D eigenvalue weighted by Crippen LogP contribution is -2.25. The normalized spacial score (nSPS) is 10.2. The topological polar surface area (TPSA) is 51.2 Å². The van der Waals surface area contributed by atoms with E-state index in [1.165, 1.54) is 0 Å². The van der Waals surface area contributed by atoms with Gasteiger partial charge in [-0.25, -0.2) is 4.98 Å². The molecule has 0 aliphatic carbocycles. The zero-order valence-electron chi connectivity index (χ0n) is 11.0. The Hall–Kier alpha value is -1.88. The van der Waals surface area contributed by atoms with Gasteiger partial charge >= 0.3 is 0 Å². The Morgan fingerprint density at radius 3 is 3.00 bits per heavy atom. The summed E-state index contributed by atoms with van der Waals surface area (Å²) >= 11 is 1.62. The SMILES string of the molecule is COc1cccc(C(=O)NCCc2nc(C)cs2)c1. The third-order valence-electron chi connectivity index (χ3n) is 2.62. The van der Waals surface area contributed by atoms with E-state index in [9.17, 15) is 4.79 Å². The highest BCUT2D eigenvalue weighted by Gasteiger charge is 2.06. The number of rotatable bonds is 5. The van der Waals surface area contributed by atoms with Crippen LogP contribution in [0.15, 0.2) is 29.6 Å². The summed E-state index contributed by atoms with van der Waals surface area (Å²) in [6.07, 6.45) is 0.758. The zero-order chi connectivity index (χ0) is 13.7. The molecule has 2 aromatic rings. The van der Waals surface area contributed by atoms with Crippen LogP contribution in [0, 0.1) is 6.92 Å². The maximum atomic E-state index is 11.9. The van der Waals surface area contributed by atoms with Crippen molar-refractivity contribution >= 4 is 17.2 Å². The number of amides is 1. The number of thiazole rings is 1. The van der Waals surface area contributed by atoms with E-state index in [0.717, 1.165) is 17.1 Å². The third kappa shape index (κ3) is 3.79. The van der Waals surface area contributed by atoms with Crippen molar-refractivity contribution in [1.82, 2.24) is 10.3 Å². The second kappa shape index (κ2) is 6.33. The molecule has 5 heteroatoms. The number of benzene rings is 1. The highest BCUT2D eigenvalue weighted by atomic mass is 32.1. The molecule has 0 radical (unpaired) electrons. The van der Waals surface area contributed by atoms with Crippen molar-refractivity contribution in [3.63, 3.8) is 0 Å². The second-order valence-electron chi connectivity index (χ2n) is 4.12. The van der Waals surface area contributed by atoms with Crippen LogP contribution in [0.1, 0.15) is 21.1 Å². The first-order valence-corrected chi connectivity index (χ1v) is 6.90. The molecule has 4 nitrogen and oxygen atoms in total. The highest BCUT2D eigenvalue weighted by Crippen LogP contribution is 2.12. The van der Waals surface area contributed by atoms with E-state index < -0.39 is 0 Å². The van der Waals surface area contributed by atoms with Gasteiger partial charge in [0.15, 0.2) is 0 Å². The summed E-state index contributed by atoms with van der Waals surface area (Å²) in [6, 6.07) is 7.11. The fourth-order valence-electron chi connectivity index (χ4n) is 1.67. The van der Waals surface area contributed by atoms with E-state index in [1.807, 2.05) is 18.4 Å². The first-order valence-electron chi connectivity index (χ1n) is 6.02. The molecule has 0 atom stereocenters. The van der Waals surface area contributed by atoms with Crippen molar-refractivity contribution in [3.8, 4) is 5.75 Å². The lowest BCUT2D eigenvalue weighted by Gasteiger charge is -2.05. The quantitative estimate of drug-likeness (QED) is 0.912. The van der Waals surface area contributed by atoms with Crippen LogP contribution < -0.4 is 10.1 Å². The molecule has 0 fully saturated rings. The predicted molar refractivity (Wildman–Crippen MR) is 75.9 cm³/mol. The smallest absolute Gasteiger partial charge is 0.251 e. The highest BCUT2D eigenvalue weighted by molar-refractivity contribution is 7.09. The molecule has 1 aromatic heterocycles. The fraction of sp³-hybridized carbons (Fsp3) is 0.286. The van der Waals surface area contributed by atoms with Gasteiger partial charge in [-0.15, -0.1) is 11.3 Å². The van der Waals surface area contributed by atoms with Gasteiger partial charge in [0.1, 0.15) is 5.75 Å². The Morgan fingerprint density at radius 2 is 2.32 bits per heavy atom. The van der Waals surface area contributed by atoms with Crippen LogP contribution in [0.5, 0.6) is 5.75 Å². The molecule has 19 heavy (non-hydrogen) atoms. The van der Waals surface area contributed by atoms with Crippen LogP contribution >= 0.6 is 11.3 Å². The van der Waals surface area contributed by atoms with Crippen molar-refractivity contribution in [1.29, 1.82) is 0 Å². The average Bonchev–Trinajstić information content (AvgIpc) is 2.84. The van der Waals surface area contributed by atoms with E-state index in [-0.39, 0.29) is 5.91 Å². The Morgan fingerprint density at radius 1 is 1.47 bits per heavy atom. The number of methoxy groups -OCH3 is 1. The number of hydrogen-bond acceptors (Lipinski definition) is 4. The van der Waals surface area contributed by atoms with Crippen molar-refractivity contribution in [2.75, 3.05) is 13.7 Å². The predicted octanol–water partition coefficient (Wildman–Crippen LogP) is 2.43. The summed E-state index contributed by atoms with van der Waals surface area (Å²) in [7, 11) is 1.59. The maximum absolute atomic E-state index is 11.9. The Bertz CT molecular complexity index is 566. The van der Waals surface area contributed by atoms with Crippen molar-refractivity contribution in [3.05, 3.63) is 45.9 Å². The second-order valence-corrected chi connectivity index (χ2v) is 5.06. The molecule has 0 saturated heterocycles. The Kier molecular flexibility index (Phi) is 4.52. The van der Waals surface area contributed by atoms with Crippen LogP contribution in [0.4, 0.5) is 0 Å². The third-order valence-corrected chi connectivity index (χ3v) is 3.65. The average molecular weight is 276 g/mol. The molecule has 1 heterocycles. The molecule has 0 spiro atoms. The molecule has 1 N–H and O–H groups in total. The molecule has 0 unspecified atom stereocenters. The van der Waals surface area contributed by atoms with Gasteiger partial charge < -0.3 is 10.1 Å². The first kappa shape index (κ1) is 13.5. The summed E-state index contributed by atoms with van der Waals surface area (Å²) in [5, 5.41) is 5.94. The molecule has 1 amide bonds. The summed E-state index contributed by atoms with van der Waals surface area (Å²) in [5.74, 6) is 0.593. The van der Waals surface area contributed by atoms with Crippen LogP contribution in [0.25, 0.3) is 0 Å². The van der Waals surface area contributed by atoms with Crippen molar-refractivity contribution in [2.24, 2.45) is 0 Å². The zero-order valence-corrected chi connectivity index (χ0v) is 11.8. The summed E-state index contributed by atoms with van der Waals surface area (Å²) in [6.45, 7) is 2.55. The molecule has 0 aliphatic rings. The first-order chi connectivity index (χ1) is 9.19. The van der Waals surface area contributed by atoms with Crippen LogP contribution in [-0.2, 0) is 6.42 Å². The lowest BCUT2D eigenvalue weighted by molar-refractivity contribution is 0.0954. The fourth-order valence-corrected chi connectivity index (χ4v) is 2.44. The lowest BCUT2D eigenvalue weighted by atomic mass is 10.2. The van der Waals surface area contributed by atoms with Gasteiger partial charge in [-0.1, -0.05) is 6.07 Å². The van der Waals surface area contributed by atoms with E-state index in [4.69, 9.17) is 4.74 Å². The van der Waals surface area contributed by atoms with Gasteiger partial charge in [0.25, 0.3) is 5.91 Å². The molecule has 0 aliphatic heterocycles. The Labute approximate surface area is 116 Å². The van der Waals surface area contributed by atoms with Crippen molar-refractivity contribution < 1.29 is 9.53 Å². The minimum atomic E-state index is -0.0906. The molecule has 100 valence electrons. The number of hydrogen-bond donors (Lipinski definition) is 1. The molecular formula is C14H16N2O2S. The molecule has 0 bridgehead atoms. The number of aromatic nitrogens is 1. The van der Waals surface area contributed by atoms with Gasteiger partial charge in [0, 0.05) is 29.6 Å². The summed E-state index contributed by atoms with van der Waals surface area (Å²) in [5.41, 5.74) is 1.63. The minimum absolute atomic E-state index is 0.0906. The van der Waals surface area contributed by atoms with Gasteiger partial charge in [-0.3, -0.25) is 4.79 Å². The van der Waals surface area contributed by atoms with Gasteiger partial charge in [-0.05, 0) is 25.1 Å². The monoisotopic (exact) mass is 276 g/mol. The number of nitrogens with zero attached hydrogens (tertiary/aromatic N) is 1. The van der Waals surface area contributed by atoms with E-state index in [2.05, 4.69) is 10.3 Å². The Balaban J connectivity index is 1.87. The van der Waals surface area contributed by atoms with Crippen molar-refractivity contribution in [2.45, 2.75) is 13.3 Å². The maximum Gasteiger partial charge on any atom is 0.251 e. The van der Waals surface area contributed by atoms with E-state index in [0.29, 0.717) is 17.9 Å². The number of carbonyl (C=O) groups excluding carboxylic acids is 1. The molecule has 2 rings (SSSR count). The number of nitrogens with one attached hydrogen (secondary N) is 1. The minimum Gasteiger partial charge on any atom is -0.497 e. The number of ether oxygens (including phenoxy) is 1. The van der Waals surface area contributed by atoms with Gasteiger partial charge in [0.05, 0.1) is 12.1 Å². The number of carbonyl (C=O) groups is 1. The number of aryl methyl sites for hydroxylation is 1. The van der Waals surface area contributed by atoms with E-state index in [1.54, 1.807) is 36.6 Å². The van der Waals surface area contributed by atoms with Crippen LogP contribution in [0.3, 0.4) is 0 Å². The van der Waals surface area contributed by atoms with Crippen LogP contribution in [0.2, 0.25) is 0 Å². The standard InChI is InChI=1S/C14H16N2O2S/c1-10-9-19-13(16-10)6-7-15-14(17)11-4-3-5-12(8-11)18-2/h3-5,8-9H,6-7H2,1-2H3,(H,15,17). The van der Waals surface area contributed by atoms with Crippen LogP contribution in [-0.4, -0.2) is 24.5 Å². The van der Waals surface area contributed by atoms with E-state index >= 15 is 0 Å². The largest absolute Gasteiger partial charge is 0.497 e.